The van der Waals surface area contributed by atoms with Gasteiger partial charge in [0.25, 0.3) is 5.91 Å². The van der Waals surface area contributed by atoms with Crippen LogP contribution in [0.25, 0.3) is 0 Å². The summed E-state index contributed by atoms with van der Waals surface area (Å²) in [4.78, 5) is 12.9. The molecule has 0 aliphatic carbocycles. The van der Waals surface area contributed by atoms with Gasteiger partial charge in [-0.1, -0.05) is 29.8 Å². The lowest BCUT2D eigenvalue weighted by Gasteiger charge is -2.15. The van der Waals surface area contributed by atoms with Crippen molar-refractivity contribution in [3.05, 3.63) is 52.5 Å². The molecule has 0 aromatic heterocycles. The minimum absolute atomic E-state index is 0.0815. The molecule has 10 heteroatoms. The minimum Gasteiger partial charge on any atom is -0.492 e. The van der Waals surface area contributed by atoms with E-state index < -0.39 is 15.9 Å². The quantitative estimate of drug-likeness (QED) is 0.546. The first kappa shape index (κ1) is 24.3. The van der Waals surface area contributed by atoms with Crippen LogP contribution in [0.1, 0.15) is 24.2 Å². The largest absolute Gasteiger partial charge is 0.492 e. The summed E-state index contributed by atoms with van der Waals surface area (Å²) in [7, 11) is -0.582. The summed E-state index contributed by atoms with van der Waals surface area (Å²) in [6.45, 7) is 4.52. The van der Waals surface area contributed by atoms with E-state index in [9.17, 15) is 13.2 Å². The van der Waals surface area contributed by atoms with Crippen molar-refractivity contribution < 1.29 is 17.9 Å². The van der Waals surface area contributed by atoms with Crippen molar-refractivity contribution in [2.75, 3.05) is 26.0 Å². The zero-order valence-electron chi connectivity index (χ0n) is 17.1. The van der Waals surface area contributed by atoms with Crippen molar-refractivity contribution in [1.82, 2.24) is 9.62 Å². The van der Waals surface area contributed by atoms with Crippen molar-refractivity contribution >= 4 is 54.9 Å². The second-order valence-electron chi connectivity index (χ2n) is 7.07. The number of carbonyl (C=O) groups is 1. The lowest BCUT2D eigenvalue weighted by molar-refractivity contribution is 0.0973. The highest BCUT2D eigenvalue weighted by molar-refractivity contribution is 9.10. The number of thiocarbonyl (C=S) groups is 1. The van der Waals surface area contributed by atoms with E-state index in [1.807, 2.05) is 13.8 Å². The molecule has 0 atom stereocenters. The number of anilines is 1. The molecule has 0 aliphatic heterocycles. The number of halogens is 1. The fraction of sp³-hybridized carbons (Fsp3) is 0.300. The van der Waals surface area contributed by atoms with Crippen LogP contribution in [-0.4, -0.2) is 44.4 Å². The summed E-state index contributed by atoms with van der Waals surface area (Å²) < 4.78 is 31.9. The second-order valence-corrected chi connectivity index (χ2v) is 10.5. The molecule has 0 saturated carbocycles. The lowest BCUT2D eigenvalue weighted by atomic mass is 10.2. The molecule has 2 aromatic carbocycles. The summed E-state index contributed by atoms with van der Waals surface area (Å²) in [5.74, 6) is 0.358. The van der Waals surface area contributed by atoms with E-state index in [2.05, 4.69) is 26.6 Å². The van der Waals surface area contributed by atoms with E-state index in [0.29, 0.717) is 29.5 Å². The molecule has 2 N–H and O–H groups in total. The number of ether oxygens (including phenoxy) is 1. The second kappa shape index (κ2) is 10.3. The van der Waals surface area contributed by atoms with Gasteiger partial charge in [0.15, 0.2) is 5.11 Å². The molecular weight excluding hydrogens is 490 g/mol. The van der Waals surface area contributed by atoms with Crippen molar-refractivity contribution in [1.29, 1.82) is 0 Å². The Morgan fingerprint density at radius 3 is 2.37 bits per heavy atom. The summed E-state index contributed by atoms with van der Waals surface area (Å²) in [6, 6.07) is 11.3. The zero-order chi connectivity index (χ0) is 22.5. The van der Waals surface area contributed by atoms with Crippen LogP contribution >= 0.6 is 28.1 Å². The van der Waals surface area contributed by atoms with Crippen LogP contribution in [0.4, 0.5) is 5.69 Å². The first-order valence-corrected chi connectivity index (χ1v) is 11.7. The number of carbonyl (C=O) groups excluding carboxylic acids is 1. The number of nitrogens with one attached hydrogen (secondary N) is 2. The Labute approximate surface area is 191 Å². The van der Waals surface area contributed by atoms with E-state index in [0.717, 1.165) is 8.78 Å². The summed E-state index contributed by atoms with van der Waals surface area (Å²) in [5, 5.41) is 5.57. The SMILES string of the molecule is CC(C)COc1ccc(Br)cc1C(=O)NC(=S)Nc1ccc(S(=O)(=O)N(C)C)cc1. The van der Waals surface area contributed by atoms with Gasteiger partial charge < -0.3 is 10.1 Å². The maximum absolute atomic E-state index is 12.7. The maximum Gasteiger partial charge on any atom is 0.261 e. The Hall–Kier alpha value is -2.01. The molecule has 2 aromatic rings. The lowest BCUT2D eigenvalue weighted by Crippen LogP contribution is -2.34. The Bertz CT molecular complexity index is 1020. The number of nitrogens with zero attached hydrogens (tertiary/aromatic N) is 1. The molecule has 2 rings (SSSR count). The third-order valence-corrected chi connectivity index (χ3v) is 6.40. The van der Waals surface area contributed by atoms with Crippen LogP contribution in [0.5, 0.6) is 5.75 Å². The Morgan fingerprint density at radius 2 is 1.80 bits per heavy atom. The molecule has 0 radical (unpaired) electrons. The third kappa shape index (κ3) is 6.49. The van der Waals surface area contributed by atoms with Crippen LogP contribution < -0.4 is 15.4 Å². The van der Waals surface area contributed by atoms with Crippen LogP contribution in [0.15, 0.2) is 51.8 Å². The van der Waals surface area contributed by atoms with Gasteiger partial charge >= 0.3 is 0 Å². The highest BCUT2D eigenvalue weighted by atomic mass is 79.9. The summed E-state index contributed by atoms with van der Waals surface area (Å²) in [6.07, 6.45) is 0. The average molecular weight is 514 g/mol. The number of hydrogen-bond donors (Lipinski definition) is 2. The van der Waals surface area contributed by atoms with Crippen LogP contribution in [-0.2, 0) is 10.0 Å². The average Bonchev–Trinajstić information content (AvgIpc) is 2.67. The molecule has 162 valence electrons. The monoisotopic (exact) mass is 513 g/mol. The van der Waals surface area contributed by atoms with Gasteiger partial charge in [-0.25, -0.2) is 12.7 Å². The van der Waals surface area contributed by atoms with Gasteiger partial charge in [0.05, 0.1) is 17.1 Å². The van der Waals surface area contributed by atoms with Gasteiger partial charge in [-0.2, -0.15) is 0 Å². The van der Waals surface area contributed by atoms with E-state index in [4.69, 9.17) is 17.0 Å². The Morgan fingerprint density at radius 1 is 1.17 bits per heavy atom. The number of benzene rings is 2. The molecule has 0 heterocycles. The van der Waals surface area contributed by atoms with Crippen molar-refractivity contribution in [2.45, 2.75) is 18.7 Å². The van der Waals surface area contributed by atoms with Gasteiger partial charge in [0.2, 0.25) is 10.0 Å². The standard InChI is InChI=1S/C20H24BrN3O4S2/c1-13(2)12-28-18-10-5-14(21)11-17(18)19(25)23-20(29)22-15-6-8-16(9-7-15)30(26,27)24(3)4/h5-11,13H,12H2,1-4H3,(H2,22,23,25,29). The van der Waals surface area contributed by atoms with Crippen LogP contribution in [0.3, 0.4) is 0 Å². The Balaban J connectivity index is 2.08. The smallest absolute Gasteiger partial charge is 0.261 e. The molecule has 0 saturated heterocycles. The summed E-state index contributed by atoms with van der Waals surface area (Å²) >= 11 is 8.58. The zero-order valence-corrected chi connectivity index (χ0v) is 20.3. The number of amides is 1. The third-order valence-electron chi connectivity index (χ3n) is 3.88. The molecule has 1 amide bonds. The van der Waals surface area contributed by atoms with Crippen molar-refractivity contribution in [3.63, 3.8) is 0 Å². The molecule has 0 aliphatic rings. The number of sulfonamides is 1. The van der Waals surface area contributed by atoms with E-state index in [-0.39, 0.29) is 10.0 Å². The predicted octanol–water partition coefficient (Wildman–Crippen LogP) is 3.86. The van der Waals surface area contributed by atoms with Crippen molar-refractivity contribution in [3.8, 4) is 5.75 Å². The maximum atomic E-state index is 12.7. The molecule has 0 fully saturated rings. The number of rotatable bonds is 7. The fourth-order valence-electron chi connectivity index (χ4n) is 2.32. The predicted molar refractivity (Wildman–Crippen MR) is 125 cm³/mol. The molecule has 30 heavy (non-hydrogen) atoms. The molecule has 0 spiro atoms. The van der Waals surface area contributed by atoms with Crippen LogP contribution in [0, 0.1) is 5.92 Å². The van der Waals surface area contributed by atoms with E-state index in [1.165, 1.54) is 26.2 Å². The van der Waals surface area contributed by atoms with Crippen LogP contribution in [0.2, 0.25) is 0 Å². The number of hydrogen-bond acceptors (Lipinski definition) is 5. The van der Waals surface area contributed by atoms with Gasteiger partial charge in [-0.3, -0.25) is 10.1 Å². The molecule has 7 nitrogen and oxygen atoms in total. The van der Waals surface area contributed by atoms with E-state index in [1.54, 1.807) is 30.3 Å². The molecule has 0 unspecified atom stereocenters. The van der Waals surface area contributed by atoms with Crippen molar-refractivity contribution in [2.24, 2.45) is 5.92 Å². The topological polar surface area (TPSA) is 87.7 Å². The normalized spacial score (nSPS) is 11.4. The van der Waals surface area contributed by atoms with Gasteiger partial charge in [-0.05, 0) is 60.6 Å². The first-order chi connectivity index (χ1) is 14.0. The van der Waals surface area contributed by atoms with E-state index >= 15 is 0 Å². The molecule has 0 bridgehead atoms. The highest BCUT2D eigenvalue weighted by Crippen LogP contribution is 2.24. The first-order valence-electron chi connectivity index (χ1n) is 9.08. The minimum atomic E-state index is -3.51. The highest BCUT2D eigenvalue weighted by Gasteiger charge is 2.18. The van der Waals surface area contributed by atoms with Gasteiger partial charge in [0.1, 0.15) is 5.75 Å². The Kier molecular flexibility index (Phi) is 8.36. The van der Waals surface area contributed by atoms with Gasteiger partial charge in [0, 0.05) is 24.3 Å². The van der Waals surface area contributed by atoms with Gasteiger partial charge in [-0.15, -0.1) is 0 Å². The molecular formula is C20H24BrN3O4S2. The fourth-order valence-corrected chi connectivity index (χ4v) is 3.79. The summed E-state index contributed by atoms with van der Waals surface area (Å²) in [5.41, 5.74) is 0.894.